The number of amides is 2. The number of aromatic nitrogens is 2. The Morgan fingerprint density at radius 3 is 2.53 bits per heavy atom. The fourth-order valence-corrected chi connectivity index (χ4v) is 3.58. The summed E-state index contributed by atoms with van der Waals surface area (Å²) in [7, 11) is 0. The highest BCUT2D eigenvalue weighted by Gasteiger charge is 2.19. The van der Waals surface area contributed by atoms with E-state index in [1.165, 1.54) is 25.5 Å². The summed E-state index contributed by atoms with van der Waals surface area (Å²) in [5.74, 6) is -0.250. The molecule has 1 aliphatic rings. The highest BCUT2D eigenvalue weighted by molar-refractivity contribution is 5.92. The minimum absolute atomic E-state index is 0.0344. The number of carbonyl (C=O) groups excluding carboxylic acids is 2. The molecule has 0 unspecified atom stereocenters. The molecule has 1 aromatic heterocycles. The second-order valence-corrected chi connectivity index (χ2v) is 7.76. The standard InChI is InChI=1S/C23H31N5O2/c1-19-16-26-21(17-25-19)23(30)28(18-20-8-4-2-5-9-20)14-10-22(29)24-11-15-27-12-6-3-7-13-27/h2,4-5,8-9,16-17H,3,6-7,10-15,18H2,1H3,(H,24,29). The molecular formula is C23H31N5O2. The van der Waals surface area contributed by atoms with E-state index in [1.54, 1.807) is 11.1 Å². The van der Waals surface area contributed by atoms with Crippen LogP contribution in [0.2, 0.25) is 0 Å². The first kappa shape index (κ1) is 21.9. The predicted molar refractivity (Wildman–Crippen MR) is 116 cm³/mol. The first-order chi connectivity index (χ1) is 14.6. The van der Waals surface area contributed by atoms with E-state index >= 15 is 0 Å². The van der Waals surface area contributed by atoms with Crippen LogP contribution >= 0.6 is 0 Å². The van der Waals surface area contributed by atoms with Gasteiger partial charge in [0.05, 0.1) is 11.9 Å². The van der Waals surface area contributed by atoms with E-state index in [9.17, 15) is 9.59 Å². The Bertz CT molecular complexity index is 804. The van der Waals surface area contributed by atoms with Crippen LogP contribution in [0.1, 0.15) is 47.4 Å². The van der Waals surface area contributed by atoms with Crippen LogP contribution in [0, 0.1) is 6.92 Å². The number of hydrogen-bond acceptors (Lipinski definition) is 5. The van der Waals surface area contributed by atoms with Crippen molar-refractivity contribution in [1.29, 1.82) is 0 Å². The fourth-order valence-electron chi connectivity index (χ4n) is 3.58. The maximum absolute atomic E-state index is 13.0. The zero-order chi connectivity index (χ0) is 21.2. The Hall–Kier alpha value is -2.80. The molecule has 0 saturated carbocycles. The van der Waals surface area contributed by atoms with Crippen LogP contribution in [-0.2, 0) is 11.3 Å². The third kappa shape index (κ3) is 6.91. The maximum Gasteiger partial charge on any atom is 0.274 e. The quantitative estimate of drug-likeness (QED) is 0.688. The van der Waals surface area contributed by atoms with Crippen LogP contribution < -0.4 is 5.32 Å². The van der Waals surface area contributed by atoms with Crippen molar-refractivity contribution >= 4 is 11.8 Å². The number of nitrogens with one attached hydrogen (secondary N) is 1. The van der Waals surface area contributed by atoms with Gasteiger partial charge in [-0.3, -0.25) is 14.6 Å². The average molecular weight is 410 g/mol. The summed E-state index contributed by atoms with van der Waals surface area (Å²) >= 11 is 0. The topological polar surface area (TPSA) is 78.4 Å². The third-order valence-electron chi connectivity index (χ3n) is 5.31. The van der Waals surface area contributed by atoms with Crippen LogP contribution in [-0.4, -0.2) is 64.3 Å². The Balaban J connectivity index is 1.54. The molecule has 7 nitrogen and oxygen atoms in total. The minimum atomic E-state index is -0.215. The number of piperidine rings is 1. The lowest BCUT2D eigenvalue weighted by Crippen LogP contribution is -2.39. The Labute approximate surface area is 178 Å². The van der Waals surface area contributed by atoms with Gasteiger partial charge in [-0.2, -0.15) is 0 Å². The van der Waals surface area contributed by atoms with Gasteiger partial charge in [0, 0.05) is 38.8 Å². The minimum Gasteiger partial charge on any atom is -0.355 e. The number of rotatable bonds is 9. The van der Waals surface area contributed by atoms with Crippen molar-refractivity contribution in [1.82, 2.24) is 25.1 Å². The fraction of sp³-hybridized carbons (Fsp3) is 0.478. The largest absolute Gasteiger partial charge is 0.355 e. The van der Waals surface area contributed by atoms with Gasteiger partial charge in [0.1, 0.15) is 5.69 Å². The summed E-state index contributed by atoms with van der Waals surface area (Å²) in [6.07, 6.45) is 7.13. The SMILES string of the molecule is Cc1cnc(C(=O)N(CCC(=O)NCCN2CCCCC2)Cc2ccccc2)cn1. The molecular weight excluding hydrogens is 378 g/mol. The lowest BCUT2D eigenvalue weighted by Gasteiger charge is -2.26. The van der Waals surface area contributed by atoms with Crippen molar-refractivity contribution in [2.75, 3.05) is 32.7 Å². The molecule has 0 aliphatic carbocycles. The van der Waals surface area contributed by atoms with E-state index in [-0.39, 0.29) is 18.2 Å². The molecule has 0 spiro atoms. The van der Waals surface area contributed by atoms with Gasteiger partial charge in [-0.1, -0.05) is 36.8 Å². The molecule has 1 saturated heterocycles. The summed E-state index contributed by atoms with van der Waals surface area (Å²) in [6.45, 7) is 6.36. The van der Waals surface area contributed by atoms with Crippen molar-refractivity contribution in [3.63, 3.8) is 0 Å². The highest BCUT2D eigenvalue weighted by atomic mass is 16.2. The van der Waals surface area contributed by atoms with Gasteiger partial charge in [0.25, 0.3) is 5.91 Å². The Morgan fingerprint density at radius 1 is 1.07 bits per heavy atom. The monoisotopic (exact) mass is 409 g/mol. The zero-order valence-electron chi connectivity index (χ0n) is 17.7. The van der Waals surface area contributed by atoms with Gasteiger partial charge in [-0.25, -0.2) is 4.98 Å². The van der Waals surface area contributed by atoms with Crippen molar-refractivity contribution in [3.05, 3.63) is 59.7 Å². The molecule has 1 aliphatic heterocycles. The summed E-state index contributed by atoms with van der Waals surface area (Å²) < 4.78 is 0. The van der Waals surface area contributed by atoms with Crippen LogP contribution in [0.4, 0.5) is 0 Å². The van der Waals surface area contributed by atoms with Gasteiger partial charge >= 0.3 is 0 Å². The van der Waals surface area contributed by atoms with E-state index in [2.05, 4.69) is 20.2 Å². The van der Waals surface area contributed by atoms with Crippen molar-refractivity contribution < 1.29 is 9.59 Å². The molecule has 0 radical (unpaired) electrons. The molecule has 2 aromatic rings. The number of aryl methyl sites for hydroxylation is 1. The number of likely N-dealkylation sites (tertiary alicyclic amines) is 1. The summed E-state index contributed by atoms with van der Waals surface area (Å²) in [5.41, 5.74) is 2.06. The molecule has 160 valence electrons. The van der Waals surface area contributed by atoms with Crippen molar-refractivity contribution in [2.24, 2.45) is 0 Å². The molecule has 1 N–H and O–H groups in total. The third-order valence-corrected chi connectivity index (χ3v) is 5.31. The number of hydrogen-bond donors (Lipinski definition) is 1. The van der Waals surface area contributed by atoms with E-state index in [0.29, 0.717) is 25.3 Å². The average Bonchev–Trinajstić information content (AvgIpc) is 2.78. The van der Waals surface area contributed by atoms with E-state index < -0.39 is 0 Å². The normalized spacial score (nSPS) is 14.3. The highest BCUT2D eigenvalue weighted by Crippen LogP contribution is 2.10. The second-order valence-electron chi connectivity index (χ2n) is 7.76. The molecule has 1 fully saturated rings. The van der Waals surface area contributed by atoms with Crippen LogP contribution in [0.5, 0.6) is 0 Å². The summed E-state index contributed by atoms with van der Waals surface area (Å²) in [4.78, 5) is 37.8. The van der Waals surface area contributed by atoms with Gasteiger partial charge in [-0.15, -0.1) is 0 Å². The van der Waals surface area contributed by atoms with E-state index in [4.69, 9.17) is 0 Å². The van der Waals surface area contributed by atoms with Gasteiger partial charge in [0.2, 0.25) is 5.91 Å². The van der Waals surface area contributed by atoms with Gasteiger partial charge in [-0.05, 0) is 38.4 Å². The van der Waals surface area contributed by atoms with Crippen LogP contribution in [0.15, 0.2) is 42.7 Å². The van der Waals surface area contributed by atoms with E-state index in [1.807, 2.05) is 37.3 Å². The Kier molecular flexibility index (Phi) is 8.32. The smallest absolute Gasteiger partial charge is 0.274 e. The van der Waals surface area contributed by atoms with Crippen LogP contribution in [0.25, 0.3) is 0 Å². The number of carbonyl (C=O) groups is 2. The summed E-state index contributed by atoms with van der Waals surface area (Å²) in [6, 6.07) is 9.77. The number of benzene rings is 1. The van der Waals surface area contributed by atoms with Gasteiger partial charge in [0.15, 0.2) is 0 Å². The first-order valence-electron chi connectivity index (χ1n) is 10.7. The lowest BCUT2D eigenvalue weighted by molar-refractivity contribution is -0.121. The van der Waals surface area contributed by atoms with Gasteiger partial charge < -0.3 is 15.1 Å². The second kappa shape index (κ2) is 11.4. The molecule has 0 atom stereocenters. The molecule has 30 heavy (non-hydrogen) atoms. The van der Waals surface area contributed by atoms with Crippen LogP contribution in [0.3, 0.4) is 0 Å². The first-order valence-corrected chi connectivity index (χ1v) is 10.7. The van der Waals surface area contributed by atoms with Crippen molar-refractivity contribution in [3.8, 4) is 0 Å². The van der Waals surface area contributed by atoms with Crippen molar-refractivity contribution in [2.45, 2.75) is 39.2 Å². The zero-order valence-corrected chi connectivity index (χ0v) is 17.7. The summed E-state index contributed by atoms with van der Waals surface area (Å²) in [5, 5.41) is 2.99. The molecule has 2 heterocycles. The Morgan fingerprint density at radius 2 is 1.83 bits per heavy atom. The molecule has 7 heteroatoms. The molecule has 2 amide bonds. The number of nitrogens with zero attached hydrogens (tertiary/aromatic N) is 4. The lowest BCUT2D eigenvalue weighted by atomic mass is 10.1. The van der Waals surface area contributed by atoms with E-state index in [0.717, 1.165) is 30.9 Å². The molecule has 1 aromatic carbocycles. The molecule has 0 bridgehead atoms. The molecule has 3 rings (SSSR count). The predicted octanol–water partition coefficient (Wildman–Crippen LogP) is 2.42. The maximum atomic E-state index is 13.0.